The number of nitrogens with zero attached hydrogens (tertiary/aromatic N) is 1. The van der Waals surface area contributed by atoms with E-state index in [0.29, 0.717) is 16.8 Å². The number of halogens is 1. The van der Waals surface area contributed by atoms with Crippen molar-refractivity contribution in [3.63, 3.8) is 0 Å². The Kier molecular flexibility index (Phi) is 6.46. The van der Waals surface area contributed by atoms with Crippen LogP contribution in [0.3, 0.4) is 0 Å². The van der Waals surface area contributed by atoms with Gasteiger partial charge in [0.05, 0.1) is 12.7 Å². The molecule has 1 heterocycles. The lowest BCUT2D eigenvalue weighted by Crippen LogP contribution is -2.37. The molecule has 156 valence electrons. The van der Waals surface area contributed by atoms with Crippen LogP contribution < -0.4 is 10.6 Å². The van der Waals surface area contributed by atoms with E-state index < -0.39 is 30.2 Å². The third-order valence-corrected chi connectivity index (χ3v) is 4.52. The Hall–Kier alpha value is -3.68. The molecule has 0 unspecified atom stereocenters. The van der Waals surface area contributed by atoms with E-state index in [1.807, 2.05) is 25.1 Å². The van der Waals surface area contributed by atoms with Crippen molar-refractivity contribution in [3.05, 3.63) is 65.7 Å². The summed E-state index contributed by atoms with van der Waals surface area (Å²) < 4.78 is 23.8. The summed E-state index contributed by atoms with van der Waals surface area (Å²) in [5, 5.41) is 0.804. The van der Waals surface area contributed by atoms with Gasteiger partial charge in [0.25, 0.3) is 5.91 Å². The van der Waals surface area contributed by atoms with Gasteiger partial charge in [-0.1, -0.05) is 12.1 Å². The number of hydrogen-bond acceptors (Lipinski definition) is 5. The van der Waals surface area contributed by atoms with Crippen LogP contribution in [0.4, 0.5) is 10.1 Å². The first kappa shape index (κ1) is 21.0. The highest BCUT2D eigenvalue weighted by Gasteiger charge is 2.19. The summed E-state index contributed by atoms with van der Waals surface area (Å²) in [6.45, 7) is 1.40. The molecule has 0 saturated heterocycles. The molecule has 0 fully saturated rings. The zero-order valence-electron chi connectivity index (χ0n) is 16.4. The van der Waals surface area contributed by atoms with Crippen LogP contribution in [-0.2, 0) is 25.5 Å². The molecule has 1 aromatic heterocycles. The van der Waals surface area contributed by atoms with Crippen molar-refractivity contribution in [1.29, 1.82) is 0 Å². The van der Waals surface area contributed by atoms with Gasteiger partial charge in [0.15, 0.2) is 6.61 Å². The monoisotopic (exact) mass is 412 g/mol. The Morgan fingerprint density at radius 3 is 2.57 bits per heavy atom. The number of furan rings is 1. The zero-order valence-corrected chi connectivity index (χ0v) is 16.4. The smallest absolute Gasteiger partial charge is 0.310 e. The predicted octanol–water partition coefficient (Wildman–Crippen LogP) is 2.87. The van der Waals surface area contributed by atoms with Crippen LogP contribution in [0.5, 0.6) is 0 Å². The molecule has 0 atom stereocenters. The van der Waals surface area contributed by atoms with Gasteiger partial charge in [-0.3, -0.25) is 14.4 Å². The highest BCUT2D eigenvalue weighted by atomic mass is 19.1. The zero-order chi connectivity index (χ0) is 21.7. The molecule has 0 aliphatic rings. The van der Waals surface area contributed by atoms with Crippen LogP contribution in [0.15, 0.2) is 53.1 Å². The second-order valence-electron chi connectivity index (χ2n) is 6.84. The second-order valence-corrected chi connectivity index (χ2v) is 6.84. The lowest BCUT2D eigenvalue weighted by Gasteiger charge is -2.22. The average Bonchev–Trinajstić information content (AvgIpc) is 3.09. The average molecular weight is 412 g/mol. The maximum absolute atomic E-state index is 13.2. The van der Waals surface area contributed by atoms with Crippen molar-refractivity contribution in [2.75, 3.05) is 18.1 Å². The minimum Gasteiger partial charge on any atom is -0.464 e. The van der Waals surface area contributed by atoms with Crippen LogP contribution in [0.2, 0.25) is 0 Å². The van der Waals surface area contributed by atoms with E-state index in [0.717, 1.165) is 10.9 Å². The largest absolute Gasteiger partial charge is 0.464 e. The van der Waals surface area contributed by atoms with Crippen LogP contribution in [0, 0.1) is 12.7 Å². The molecule has 0 radical (unpaired) electrons. The lowest BCUT2D eigenvalue weighted by atomic mass is 10.1. The van der Waals surface area contributed by atoms with Crippen molar-refractivity contribution in [1.82, 2.24) is 0 Å². The van der Waals surface area contributed by atoms with E-state index >= 15 is 0 Å². The number of nitrogens with two attached hydrogens (primary N) is 1. The summed E-state index contributed by atoms with van der Waals surface area (Å²) in [4.78, 5) is 37.2. The Morgan fingerprint density at radius 2 is 1.87 bits per heavy atom. The van der Waals surface area contributed by atoms with Crippen LogP contribution >= 0.6 is 0 Å². The van der Waals surface area contributed by atoms with E-state index in [1.165, 1.54) is 35.4 Å². The lowest BCUT2D eigenvalue weighted by molar-refractivity contribution is -0.147. The molecule has 30 heavy (non-hydrogen) atoms. The molecule has 2 N–H and O–H groups in total. The number of rotatable bonds is 8. The van der Waals surface area contributed by atoms with Gasteiger partial charge < -0.3 is 19.8 Å². The van der Waals surface area contributed by atoms with E-state index in [2.05, 4.69) is 0 Å². The van der Waals surface area contributed by atoms with E-state index in [4.69, 9.17) is 14.9 Å². The Labute approximate surface area is 172 Å². The first-order chi connectivity index (χ1) is 14.3. The van der Waals surface area contributed by atoms with Crippen molar-refractivity contribution in [3.8, 4) is 0 Å². The normalized spacial score (nSPS) is 10.7. The number of hydrogen-bond donors (Lipinski definition) is 1. The summed E-state index contributed by atoms with van der Waals surface area (Å²) in [7, 11) is 0. The number of anilines is 1. The van der Waals surface area contributed by atoms with E-state index in [-0.39, 0.29) is 19.4 Å². The molecule has 3 aromatic rings. The summed E-state index contributed by atoms with van der Waals surface area (Å²) >= 11 is 0. The fourth-order valence-electron chi connectivity index (χ4n) is 2.99. The molecule has 2 amide bonds. The summed E-state index contributed by atoms with van der Waals surface area (Å²) in [6.07, 6.45) is 1.35. The maximum atomic E-state index is 13.2. The molecule has 8 heteroatoms. The molecular weight excluding hydrogens is 391 g/mol. The Bertz CT molecular complexity index is 1070. The SMILES string of the molecule is Cc1ccc2c(CC(=O)OCC(=O)N(CCC(N)=O)c3ccc(F)cc3)coc2c1. The summed E-state index contributed by atoms with van der Waals surface area (Å²) in [6, 6.07) is 10.8. The van der Waals surface area contributed by atoms with Crippen LogP contribution in [0.1, 0.15) is 17.5 Å². The number of esters is 1. The molecular formula is C22H21FN2O5. The van der Waals surface area contributed by atoms with E-state index in [1.54, 1.807) is 0 Å². The van der Waals surface area contributed by atoms with Crippen molar-refractivity contribution in [2.45, 2.75) is 19.8 Å². The van der Waals surface area contributed by atoms with Gasteiger partial charge in [-0.25, -0.2) is 4.39 Å². The third kappa shape index (κ3) is 5.22. The number of benzene rings is 2. The van der Waals surface area contributed by atoms with Crippen molar-refractivity contribution < 1.29 is 27.9 Å². The van der Waals surface area contributed by atoms with Crippen LogP contribution in [-0.4, -0.2) is 30.9 Å². The second kappa shape index (κ2) is 9.21. The van der Waals surface area contributed by atoms with Gasteiger partial charge >= 0.3 is 5.97 Å². The number of carbonyl (C=O) groups is 3. The number of carbonyl (C=O) groups excluding carboxylic acids is 3. The predicted molar refractivity (Wildman–Crippen MR) is 108 cm³/mol. The number of fused-ring (bicyclic) bond motifs is 1. The highest BCUT2D eigenvalue weighted by molar-refractivity contribution is 5.96. The summed E-state index contributed by atoms with van der Waals surface area (Å²) in [5.41, 5.74) is 7.90. The first-order valence-corrected chi connectivity index (χ1v) is 9.30. The van der Waals surface area contributed by atoms with Crippen LogP contribution in [0.25, 0.3) is 11.0 Å². The first-order valence-electron chi connectivity index (χ1n) is 9.30. The number of aryl methyl sites for hydroxylation is 1. The number of primary amides is 1. The van der Waals surface area contributed by atoms with Gasteiger partial charge in [0.2, 0.25) is 5.91 Å². The Morgan fingerprint density at radius 1 is 1.13 bits per heavy atom. The molecule has 3 rings (SSSR count). The fourth-order valence-corrected chi connectivity index (χ4v) is 2.99. The molecule has 0 bridgehead atoms. The summed E-state index contributed by atoms with van der Waals surface area (Å²) in [5.74, 6) is -2.20. The topological polar surface area (TPSA) is 103 Å². The Balaban J connectivity index is 1.63. The third-order valence-electron chi connectivity index (χ3n) is 4.52. The maximum Gasteiger partial charge on any atom is 0.310 e. The van der Waals surface area contributed by atoms with Crippen molar-refractivity contribution >= 4 is 34.4 Å². The molecule has 7 nitrogen and oxygen atoms in total. The fraction of sp³-hybridized carbons (Fsp3) is 0.227. The van der Waals surface area contributed by atoms with Gasteiger partial charge in [-0.2, -0.15) is 0 Å². The van der Waals surface area contributed by atoms with Gasteiger partial charge in [-0.05, 0) is 42.8 Å². The van der Waals surface area contributed by atoms with E-state index in [9.17, 15) is 18.8 Å². The highest BCUT2D eigenvalue weighted by Crippen LogP contribution is 2.23. The standard InChI is InChI=1S/C22H21FN2O5/c1-14-2-7-18-15(12-29-19(18)10-14)11-22(28)30-13-21(27)25(9-8-20(24)26)17-5-3-16(23)4-6-17/h2-7,10,12H,8-9,11,13H2,1H3,(H2,24,26). The molecule has 0 aliphatic carbocycles. The molecule has 0 aliphatic heterocycles. The quantitative estimate of drug-likeness (QED) is 0.573. The van der Waals surface area contributed by atoms with Gasteiger partial charge in [0.1, 0.15) is 11.4 Å². The number of ether oxygens (including phenoxy) is 1. The molecule has 2 aromatic carbocycles. The minimum absolute atomic E-state index is 0.0108. The molecule has 0 spiro atoms. The van der Waals surface area contributed by atoms with Crippen molar-refractivity contribution in [2.24, 2.45) is 5.73 Å². The van der Waals surface area contributed by atoms with Gasteiger partial charge in [-0.15, -0.1) is 0 Å². The molecule has 0 saturated carbocycles. The van der Waals surface area contributed by atoms with Gasteiger partial charge in [0, 0.05) is 29.6 Å². The number of amides is 2. The minimum atomic E-state index is -0.597.